The molecule has 12 heteroatoms. The fourth-order valence-corrected chi connectivity index (χ4v) is 6.19. The van der Waals surface area contributed by atoms with Crippen LogP contribution in [0.3, 0.4) is 0 Å². The summed E-state index contributed by atoms with van der Waals surface area (Å²) < 4.78 is 9.29. The predicted molar refractivity (Wildman–Crippen MR) is 177 cm³/mol. The van der Waals surface area contributed by atoms with Crippen LogP contribution >= 0.6 is 47.8 Å². The largest absolute Gasteiger partial charge is 0.456 e. The lowest BCUT2D eigenvalue weighted by atomic mass is 9.93. The van der Waals surface area contributed by atoms with E-state index in [9.17, 15) is 4.79 Å². The number of halogens is 3. The lowest BCUT2D eigenvalue weighted by molar-refractivity contribution is -0.122. The first kappa shape index (κ1) is 31.8. The molecule has 1 saturated heterocycles. The molecule has 0 saturated carbocycles. The molecule has 0 radical (unpaired) electrons. The zero-order valence-electron chi connectivity index (χ0n) is 23.1. The SMILES string of the molecule is CN1CCC(CC(=O)NCCn2ccc3ncnc(Nc4ccc(Oc5ccc6ccsc6c5)c(Cl)c4)c32)CC1.Cl.Cl. The summed E-state index contributed by atoms with van der Waals surface area (Å²) in [5.74, 6) is 2.58. The minimum Gasteiger partial charge on any atom is -0.456 e. The van der Waals surface area contributed by atoms with Crippen molar-refractivity contribution >= 4 is 86.3 Å². The van der Waals surface area contributed by atoms with Gasteiger partial charge in [-0.25, -0.2) is 9.97 Å². The molecule has 2 N–H and O–H groups in total. The highest BCUT2D eigenvalue weighted by Crippen LogP contribution is 2.35. The molecule has 42 heavy (non-hydrogen) atoms. The van der Waals surface area contributed by atoms with Gasteiger partial charge < -0.3 is 24.8 Å². The number of hydrogen-bond donors (Lipinski definition) is 2. The van der Waals surface area contributed by atoms with Gasteiger partial charge in [0.1, 0.15) is 23.3 Å². The van der Waals surface area contributed by atoms with Gasteiger partial charge in [-0.2, -0.15) is 0 Å². The third-order valence-corrected chi connectivity index (χ3v) is 8.56. The number of benzene rings is 2. The Morgan fingerprint density at radius 3 is 2.74 bits per heavy atom. The van der Waals surface area contributed by atoms with Crippen LogP contribution in [0.2, 0.25) is 5.02 Å². The van der Waals surface area contributed by atoms with Gasteiger partial charge in [-0.15, -0.1) is 36.2 Å². The molecule has 1 amide bonds. The summed E-state index contributed by atoms with van der Waals surface area (Å²) in [7, 11) is 2.14. The molecule has 0 spiro atoms. The number of amides is 1. The number of nitrogens with one attached hydrogen (secondary N) is 2. The van der Waals surface area contributed by atoms with Gasteiger partial charge >= 0.3 is 0 Å². The zero-order chi connectivity index (χ0) is 27.5. The Balaban J connectivity index is 0.00000202. The Labute approximate surface area is 266 Å². The van der Waals surface area contributed by atoms with Crippen LogP contribution in [0.25, 0.3) is 21.1 Å². The maximum atomic E-state index is 12.5. The number of fused-ring (bicyclic) bond motifs is 2. The molecule has 222 valence electrons. The molecular weight excluding hydrogens is 615 g/mol. The lowest BCUT2D eigenvalue weighted by Crippen LogP contribution is -2.34. The maximum Gasteiger partial charge on any atom is 0.220 e. The maximum absolute atomic E-state index is 12.5. The van der Waals surface area contributed by atoms with Crippen molar-refractivity contribution in [2.75, 3.05) is 32.0 Å². The first-order valence-electron chi connectivity index (χ1n) is 13.5. The summed E-state index contributed by atoms with van der Waals surface area (Å²) in [6, 6.07) is 15.6. The molecule has 8 nitrogen and oxygen atoms in total. The molecule has 2 aromatic carbocycles. The normalized spacial score (nSPS) is 13.9. The van der Waals surface area contributed by atoms with Gasteiger partial charge in [0.15, 0.2) is 5.82 Å². The number of carbonyl (C=O) groups excluding carboxylic acids is 1. The van der Waals surface area contributed by atoms with Crippen LogP contribution in [-0.2, 0) is 11.3 Å². The van der Waals surface area contributed by atoms with Crippen LogP contribution in [0.15, 0.2) is 66.4 Å². The van der Waals surface area contributed by atoms with Crippen LogP contribution in [0.1, 0.15) is 19.3 Å². The molecule has 0 bridgehead atoms. The molecule has 3 aromatic heterocycles. The van der Waals surface area contributed by atoms with Crippen LogP contribution < -0.4 is 15.4 Å². The molecule has 1 aliphatic rings. The van der Waals surface area contributed by atoms with Gasteiger partial charge in [0, 0.05) is 36.1 Å². The summed E-state index contributed by atoms with van der Waals surface area (Å²) >= 11 is 8.28. The van der Waals surface area contributed by atoms with Gasteiger partial charge in [-0.1, -0.05) is 11.6 Å². The van der Waals surface area contributed by atoms with E-state index in [1.807, 2.05) is 48.7 Å². The summed E-state index contributed by atoms with van der Waals surface area (Å²) in [5.41, 5.74) is 2.48. The number of nitrogens with zero attached hydrogens (tertiary/aromatic N) is 4. The van der Waals surface area contributed by atoms with Crippen molar-refractivity contribution in [1.82, 2.24) is 24.8 Å². The third kappa shape index (κ3) is 7.46. The second-order valence-electron chi connectivity index (χ2n) is 10.3. The number of likely N-dealkylation sites (tertiary alicyclic amines) is 1. The van der Waals surface area contributed by atoms with Crippen LogP contribution in [0, 0.1) is 5.92 Å². The molecule has 1 aliphatic heterocycles. The van der Waals surface area contributed by atoms with Crippen molar-refractivity contribution in [3.63, 3.8) is 0 Å². The molecule has 0 aliphatic carbocycles. The number of piperidine rings is 1. The topological polar surface area (TPSA) is 84.3 Å². The van der Waals surface area contributed by atoms with Crippen molar-refractivity contribution < 1.29 is 9.53 Å². The van der Waals surface area contributed by atoms with Crippen molar-refractivity contribution in [2.24, 2.45) is 5.92 Å². The number of thiophene rings is 1. The third-order valence-electron chi connectivity index (χ3n) is 7.39. The summed E-state index contributed by atoms with van der Waals surface area (Å²) in [5, 5.41) is 10.2. The molecule has 1 fully saturated rings. The summed E-state index contributed by atoms with van der Waals surface area (Å²) in [6.07, 6.45) is 6.28. The molecule has 6 rings (SSSR count). The Morgan fingerprint density at radius 1 is 1.10 bits per heavy atom. The molecular formula is C30H33Cl3N6O2S. The van der Waals surface area contributed by atoms with E-state index in [0.717, 1.165) is 48.4 Å². The molecule has 0 unspecified atom stereocenters. The summed E-state index contributed by atoms with van der Waals surface area (Å²) in [4.78, 5) is 23.8. The van der Waals surface area contributed by atoms with E-state index < -0.39 is 0 Å². The smallest absolute Gasteiger partial charge is 0.220 e. The van der Waals surface area contributed by atoms with Crippen molar-refractivity contribution in [3.05, 3.63) is 71.5 Å². The zero-order valence-corrected chi connectivity index (χ0v) is 26.3. The van der Waals surface area contributed by atoms with Crippen LogP contribution in [-0.4, -0.2) is 52.0 Å². The van der Waals surface area contributed by atoms with Gasteiger partial charge in [-0.05, 0) is 98.2 Å². The summed E-state index contributed by atoms with van der Waals surface area (Å²) in [6.45, 7) is 3.29. The highest BCUT2D eigenvalue weighted by atomic mass is 35.5. The highest BCUT2D eigenvalue weighted by molar-refractivity contribution is 7.17. The minimum absolute atomic E-state index is 0. The Morgan fingerprint density at radius 2 is 1.93 bits per heavy atom. The van der Waals surface area contributed by atoms with E-state index in [4.69, 9.17) is 16.3 Å². The average Bonchev–Trinajstić information content (AvgIpc) is 3.59. The standard InChI is InChI=1S/C30H31ClN6O2S.2ClH/c1-36-11-6-20(7-12-36)16-28(38)32-10-14-37-13-8-25-29(37)30(34-19-33-25)35-22-3-5-26(24(31)17-22)39-23-4-2-21-9-15-40-27(21)18-23;;/h2-5,8-9,13,15,17-20H,6-7,10-12,14,16H2,1H3,(H,32,38)(H,33,34,35);2*1H. The molecule has 5 aromatic rings. The van der Waals surface area contributed by atoms with Gasteiger partial charge in [0.25, 0.3) is 0 Å². The lowest BCUT2D eigenvalue weighted by Gasteiger charge is -2.28. The van der Waals surface area contributed by atoms with E-state index in [2.05, 4.69) is 48.6 Å². The van der Waals surface area contributed by atoms with E-state index in [1.165, 1.54) is 16.4 Å². The average molecular weight is 648 g/mol. The number of anilines is 2. The van der Waals surface area contributed by atoms with Crippen molar-refractivity contribution in [3.8, 4) is 11.5 Å². The first-order chi connectivity index (χ1) is 19.5. The second kappa shape index (κ2) is 14.4. The Hall–Kier alpha value is -3.08. The van der Waals surface area contributed by atoms with E-state index in [0.29, 0.717) is 42.0 Å². The Bertz CT molecular complexity index is 1650. The van der Waals surface area contributed by atoms with Gasteiger partial charge in [0.2, 0.25) is 5.91 Å². The van der Waals surface area contributed by atoms with Gasteiger partial charge in [0.05, 0.1) is 10.5 Å². The van der Waals surface area contributed by atoms with Crippen LogP contribution in [0.4, 0.5) is 11.5 Å². The van der Waals surface area contributed by atoms with Crippen LogP contribution in [0.5, 0.6) is 11.5 Å². The van der Waals surface area contributed by atoms with Gasteiger partial charge in [-0.3, -0.25) is 4.79 Å². The monoisotopic (exact) mass is 646 g/mol. The number of carbonyl (C=O) groups is 1. The Kier molecular flexibility index (Phi) is 10.9. The predicted octanol–water partition coefficient (Wildman–Crippen LogP) is 7.53. The van der Waals surface area contributed by atoms with E-state index in [-0.39, 0.29) is 30.7 Å². The van der Waals surface area contributed by atoms with Crippen molar-refractivity contribution in [2.45, 2.75) is 25.8 Å². The van der Waals surface area contributed by atoms with Crippen molar-refractivity contribution in [1.29, 1.82) is 0 Å². The fourth-order valence-electron chi connectivity index (χ4n) is 5.15. The first-order valence-corrected chi connectivity index (χ1v) is 14.7. The van der Waals surface area contributed by atoms with E-state index >= 15 is 0 Å². The molecule has 0 atom stereocenters. The fraction of sp³-hybridized carbons (Fsp3) is 0.300. The quantitative estimate of drug-likeness (QED) is 0.172. The number of rotatable bonds is 9. The minimum atomic E-state index is 0. The second-order valence-corrected chi connectivity index (χ2v) is 11.6. The molecule has 4 heterocycles. The number of ether oxygens (including phenoxy) is 1. The number of hydrogen-bond acceptors (Lipinski definition) is 7. The van der Waals surface area contributed by atoms with E-state index in [1.54, 1.807) is 11.3 Å². The number of aromatic nitrogens is 3. The highest BCUT2D eigenvalue weighted by Gasteiger charge is 2.19.